The van der Waals surface area contributed by atoms with Crippen LogP contribution in [0, 0.1) is 0 Å². The van der Waals surface area contributed by atoms with E-state index >= 15 is 0 Å². The fourth-order valence-corrected chi connectivity index (χ4v) is 4.33. The molecule has 28 heavy (non-hydrogen) atoms. The zero-order valence-corrected chi connectivity index (χ0v) is 16.6. The maximum Gasteiger partial charge on any atom is 0.242 e. The molecule has 1 saturated heterocycles. The van der Waals surface area contributed by atoms with Crippen molar-refractivity contribution in [2.75, 3.05) is 18.0 Å². The molecule has 2 aromatic carbocycles. The van der Waals surface area contributed by atoms with Crippen molar-refractivity contribution in [2.45, 2.75) is 31.7 Å². The van der Waals surface area contributed by atoms with Crippen LogP contribution in [-0.4, -0.2) is 34.4 Å². The van der Waals surface area contributed by atoms with Crippen molar-refractivity contribution in [1.82, 2.24) is 14.7 Å². The van der Waals surface area contributed by atoms with Gasteiger partial charge in [-0.3, -0.25) is 4.79 Å². The summed E-state index contributed by atoms with van der Waals surface area (Å²) in [6.45, 7) is 1.51. The Bertz CT molecular complexity index is 897. The maximum atomic E-state index is 12.7. The highest BCUT2D eigenvalue weighted by Crippen LogP contribution is 2.27. The fraction of sp³-hybridized carbons (Fsp3) is 0.318. The molecule has 0 saturated carbocycles. The van der Waals surface area contributed by atoms with Crippen LogP contribution < -0.4 is 10.2 Å². The van der Waals surface area contributed by atoms with Gasteiger partial charge in [0, 0.05) is 31.0 Å². The molecule has 2 heterocycles. The molecule has 1 atom stereocenters. The molecule has 1 aliphatic heterocycles. The van der Waals surface area contributed by atoms with Crippen LogP contribution in [0.5, 0.6) is 0 Å². The van der Waals surface area contributed by atoms with Gasteiger partial charge >= 0.3 is 0 Å². The Labute approximate surface area is 169 Å². The van der Waals surface area contributed by atoms with E-state index in [-0.39, 0.29) is 11.9 Å². The summed E-state index contributed by atoms with van der Waals surface area (Å²) >= 11 is 1.39. The van der Waals surface area contributed by atoms with Crippen molar-refractivity contribution in [3.05, 3.63) is 77.6 Å². The molecule has 0 spiro atoms. The summed E-state index contributed by atoms with van der Waals surface area (Å²) in [5.41, 5.74) is 2.43. The quantitative estimate of drug-likeness (QED) is 0.669. The van der Waals surface area contributed by atoms with Gasteiger partial charge in [-0.15, -0.1) is 0 Å². The van der Waals surface area contributed by atoms with Crippen LogP contribution in [0.3, 0.4) is 0 Å². The lowest BCUT2D eigenvalue weighted by molar-refractivity contribution is -0.122. The van der Waals surface area contributed by atoms with Crippen LogP contribution in [-0.2, 0) is 17.6 Å². The van der Waals surface area contributed by atoms with E-state index in [2.05, 4.69) is 38.9 Å². The van der Waals surface area contributed by atoms with Gasteiger partial charge in [0.15, 0.2) is 0 Å². The lowest BCUT2D eigenvalue weighted by Gasteiger charge is -2.22. The summed E-state index contributed by atoms with van der Waals surface area (Å²) in [6.07, 6.45) is 3.44. The fourth-order valence-electron chi connectivity index (χ4n) is 3.57. The van der Waals surface area contributed by atoms with Gasteiger partial charge in [0.1, 0.15) is 11.9 Å². The van der Waals surface area contributed by atoms with Crippen LogP contribution in [0.4, 0.5) is 5.13 Å². The van der Waals surface area contributed by atoms with Crippen LogP contribution in [0.2, 0.25) is 0 Å². The second kappa shape index (κ2) is 8.97. The van der Waals surface area contributed by atoms with Crippen LogP contribution >= 0.6 is 11.5 Å². The average molecular weight is 393 g/mol. The van der Waals surface area contributed by atoms with Gasteiger partial charge in [0.25, 0.3) is 0 Å². The summed E-state index contributed by atoms with van der Waals surface area (Å²) in [4.78, 5) is 19.5. The number of carbonyl (C=O) groups is 1. The predicted molar refractivity (Wildman–Crippen MR) is 113 cm³/mol. The summed E-state index contributed by atoms with van der Waals surface area (Å²) in [5.74, 6) is 0.912. The monoisotopic (exact) mass is 392 g/mol. The molecule has 3 aromatic rings. The number of aromatic nitrogens is 2. The first-order valence-corrected chi connectivity index (χ1v) is 10.5. The zero-order chi connectivity index (χ0) is 19.2. The first-order chi connectivity index (χ1) is 13.8. The Morgan fingerprint density at radius 2 is 1.79 bits per heavy atom. The summed E-state index contributed by atoms with van der Waals surface area (Å²) in [6, 6.07) is 20.3. The van der Waals surface area contributed by atoms with Gasteiger partial charge in [0.05, 0.1) is 0 Å². The number of hydrogen-bond acceptors (Lipinski definition) is 5. The average Bonchev–Trinajstić information content (AvgIpc) is 3.39. The highest BCUT2D eigenvalue weighted by molar-refractivity contribution is 7.09. The number of nitrogens with zero attached hydrogens (tertiary/aromatic N) is 3. The number of nitrogens with one attached hydrogen (secondary N) is 1. The molecule has 0 aliphatic carbocycles. The molecule has 5 nitrogen and oxygen atoms in total. The predicted octanol–water partition coefficient (Wildman–Crippen LogP) is 3.46. The smallest absolute Gasteiger partial charge is 0.242 e. The summed E-state index contributed by atoms with van der Waals surface area (Å²) < 4.78 is 4.51. The highest BCUT2D eigenvalue weighted by atomic mass is 32.1. The van der Waals surface area contributed by atoms with Gasteiger partial charge in [-0.25, -0.2) is 4.98 Å². The van der Waals surface area contributed by atoms with Crippen molar-refractivity contribution in [1.29, 1.82) is 0 Å². The molecule has 0 unspecified atom stereocenters. The van der Waals surface area contributed by atoms with Gasteiger partial charge in [-0.1, -0.05) is 60.7 Å². The molecular weight excluding hydrogens is 368 g/mol. The van der Waals surface area contributed by atoms with Crippen LogP contribution in [0.1, 0.15) is 29.8 Å². The van der Waals surface area contributed by atoms with Gasteiger partial charge in [0.2, 0.25) is 11.0 Å². The van der Waals surface area contributed by atoms with E-state index < -0.39 is 0 Å². The van der Waals surface area contributed by atoms with Crippen molar-refractivity contribution in [3.8, 4) is 0 Å². The standard InChI is InChI=1S/C22H24N4OS/c27-21(23-14-13-17-8-3-1-4-9-17)19-12-7-15-26(19)22-24-20(25-28-22)16-18-10-5-2-6-11-18/h1-6,8-11,19H,7,12-16H2,(H,23,27)/t19-/m1/s1. The minimum atomic E-state index is -0.145. The van der Waals surface area contributed by atoms with E-state index in [1.807, 2.05) is 36.4 Å². The Kier molecular flexibility index (Phi) is 5.97. The highest BCUT2D eigenvalue weighted by Gasteiger charge is 2.32. The van der Waals surface area contributed by atoms with E-state index in [4.69, 9.17) is 4.98 Å². The van der Waals surface area contributed by atoms with Crippen molar-refractivity contribution in [2.24, 2.45) is 0 Å². The first-order valence-electron chi connectivity index (χ1n) is 9.74. The van der Waals surface area contributed by atoms with Crippen LogP contribution in [0.15, 0.2) is 60.7 Å². The molecule has 1 aliphatic rings. The third kappa shape index (κ3) is 4.57. The number of carbonyl (C=O) groups excluding carboxylic acids is 1. The minimum Gasteiger partial charge on any atom is -0.354 e. The Balaban J connectivity index is 1.34. The third-order valence-corrected chi connectivity index (χ3v) is 5.81. The zero-order valence-electron chi connectivity index (χ0n) is 15.8. The molecule has 6 heteroatoms. The molecule has 1 fully saturated rings. The Morgan fingerprint density at radius 3 is 2.54 bits per heavy atom. The number of anilines is 1. The van der Waals surface area contributed by atoms with Crippen LogP contribution in [0.25, 0.3) is 0 Å². The molecule has 1 N–H and O–H groups in total. The number of rotatable bonds is 7. The van der Waals surface area contributed by atoms with E-state index in [9.17, 15) is 4.79 Å². The van der Waals surface area contributed by atoms with Gasteiger partial charge in [-0.2, -0.15) is 4.37 Å². The van der Waals surface area contributed by atoms with Crippen molar-refractivity contribution < 1.29 is 4.79 Å². The molecule has 4 rings (SSSR count). The lowest BCUT2D eigenvalue weighted by atomic mass is 10.1. The van der Waals surface area contributed by atoms with E-state index in [1.165, 1.54) is 22.7 Å². The normalized spacial score (nSPS) is 16.3. The summed E-state index contributed by atoms with van der Waals surface area (Å²) in [7, 11) is 0. The Hall–Kier alpha value is -2.73. The minimum absolute atomic E-state index is 0.0910. The first kappa shape index (κ1) is 18.6. The molecule has 1 amide bonds. The topological polar surface area (TPSA) is 58.1 Å². The molecular formula is C22H24N4OS. The Morgan fingerprint density at radius 1 is 1.07 bits per heavy atom. The van der Waals surface area contributed by atoms with Crippen molar-refractivity contribution >= 4 is 22.6 Å². The second-order valence-corrected chi connectivity index (χ2v) is 7.76. The molecule has 1 aromatic heterocycles. The van der Waals surface area contributed by atoms with E-state index in [1.54, 1.807) is 0 Å². The van der Waals surface area contributed by atoms with Crippen molar-refractivity contribution in [3.63, 3.8) is 0 Å². The van der Waals surface area contributed by atoms with E-state index in [0.717, 1.165) is 43.2 Å². The molecule has 144 valence electrons. The number of hydrogen-bond donors (Lipinski definition) is 1. The van der Waals surface area contributed by atoms with Gasteiger partial charge < -0.3 is 10.2 Å². The molecule has 0 radical (unpaired) electrons. The number of benzene rings is 2. The maximum absolute atomic E-state index is 12.7. The SMILES string of the molecule is O=C(NCCc1ccccc1)[C@H]1CCCN1c1nc(Cc2ccccc2)ns1. The largest absolute Gasteiger partial charge is 0.354 e. The number of amides is 1. The summed E-state index contributed by atoms with van der Waals surface area (Å²) in [5, 5.41) is 3.95. The van der Waals surface area contributed by atoms with E-state index in [0.29, 0.717) is 6.54 Å². The second-order valence-electron chi connectivity index (χ2n) is 7.03. The third-order valence-electron chi connectivity index (χ3n) is 5.02. The van der Waals surface area contributed by atoms with Gasteiger partial charge in [-0.05, 0) is 30.4 Å². The molecule has 0 bridgehead atoms. The lowest BCUT2D eigenvalue weighted by Crippen LogP contribution is -2.44.